The summed E-state index contributed by atoms with van der Waals surface area (Å²) in [5.74, 6) is 0.0745. The van der Waals surface area contributed by atoms with E-state index in [0.29, 0.717) is 32.3 Å². The predicted octanol–water partition coefficient (Wildman–Crippen LogP) is 3.48. The third-order valence-corrected chi connectivity index (χ3v) is 5.02. The Bertz CT molecular complexity index is 929. The summed E-state index contributed by atoms with van der Waals surface area (Å²) >= 11 is 0. The molecule has 1 unspecified atom stereocenters. The fraction of sp³-hybridized carbons (Fsp3) is 0.400. The Kier molecular flexibility index (Phi) is 6.26. The van der Waals surface area contributed by atoms with E-state index >= 15 is 0 Å². The molecule has 1 aromatic heterocycles. The van der Waals surface area contributed by atoms with Crippen LogP contribution >= 0.6 is 0 Å². The number of guanidine groups is 1. The summed E-state index contributed by atoms with van der Waals surface area (Å²) in [6, 6.07) is 6.17. The minimum Gasteiger partial charge on any atom is -0.339 e. The average Bonchev–Trinajstić information content (AvgIpc) is 2.73. The lowest BCUT2D eigenvalue weighted by atomic mass is 10.1. The molecule has 0 N–H and O–H groups in total. The van der Waals surface area contributed by atoms with Crippen LogP contribution < -0.4 is 0 Å². The monoisotopic (exact) mass is 404 g/mol. The molecule has 0 spiro atoms. The summed E-state index contributed by atoms with van der Waals surface area (Å²) in [6.07, 6.45) is -0.504. The number of alkyl halides is 3. The molecule has 6 nitrogen and oxygen atoms in total. The number of allylic oxidation sites excluding steroid dienone is 1. The first-order chi connectivity index (χ1) is 13.8. The van der Waals surface area contributed by atoms with Crippen molar-refractivity contribution in [1.82, 2.24) is 19.8 Å². The van der Waals surface area contributed by atoms with Gasteiger partial charge in [-0.25, -0.2) is 4.99 Å². The van der Waals surface area contributed by atoms with Crippen LogP contribution in [-0.4, -0.2) is 70.8 Å². The summed E-state index contributed by atoms with van der Waals surface area (Å²) in [4.78, 5) is 20.3. The molecule has 0 amide bonds. The van der Waals surface area contributed by atoms with Gasteiger partial charge in [0.2, 0.25) is 5.96 Å². The van der Waals surface area contributed by atoms with Gasteiger partial charge in [0.15, 0.2) is 0 Å². The van der Waals surface area contributed by atoms with Gasteiger partial charge in [0, 0.05) is 51.7 Å². The van der Waals surface area contributed by atoms with E-state index in [1.165, 1.54) is 7.05 Å². The van der Waals surface area contributed by atoms with Gasteiger partial charge >= 0.3 is 6.18 Å². The molecule has 2 heterocycles. The van der Waals surface area contributed by atoms with Gasteiger partial charge in [-0.2, -0.15) is 13.2 Å². The van der Waals surface area contributed by atoms with Crippen molar-refractivity contribution in [3.05, 3.63) is 48.8 Å². The molecule has 1 fully saturated rings. The summed E-state index contributed by atoms with van der Waals surface area (Å²) in [5.41, 5.74) is 1.78. The van der Waals surface area contributed by atoms with E-state index in [9.17, 15) is 13.2 Å². The van der Waals surface area contributed by atoms with Gasteiger partial charge in [-0.05, 0) is 30.7 Å². The van der Waals surface area contributed by atoms with Crippen molar-refractivity contribution in [3.8, 4) is 0 Å². The molecule has 0 radical (unpaired) electrons. The maximum absolute atomic E-state index is 13.0. The molecule has 3 rings (SSSR count). The quantitative estimate of drug-likeness (QED) is 0.581. The molecule has 2 aromatic rings. The number of hydrogen-bond donors (Lipinski definition) is 0. The zero-order valence-corrected chi connectivity index (χ0v) is 16.4. The number of nitrogens with zero attached hydrogens (tertiary/aromatic N) is 6. The molecule has 0 bridgehead atoms. The standard InChI is InChI=1S/C20H23F3N6/c1-4-18(20(21,22)23)27-19(24-3)29-11-9-28(10-12-29)14(2)15-5-6-16-17(13-15)26-8-7-25-16/h4-8,13-14H,1,9-12H2,2-3H3/b24-19+,27-18+. The molecule has 1 aliphatic heterocycles. The van der Waals surface area contributed by atoms with Crippen LogP contribution in [0.1, 0.15) is 18.5 Å². The zero-order chi connectivity index (χ0) is 21.0. The first-order valence-corrected chi connectivity index (χ1v) is 9.28. The van der Waals surface area contributed by atoms with E-state index < -0.39 is 11.9 Å². The van der Waals surface area contributed by atoms with Crippen LogP contribution in [0.2, 0.25) is 0 Å². The van der Waals surface area contributed by atoms with Gasteiger partial charge in [-0.3, -0.25) is 19.9 Å². The minimum atomic E-state index is -4.55. The average molecular weight is 404 g/mol. The third-order valence-electron chi connectivity index (χ3n) is 5.02. The lowest BCUT2D eigenvalue weighted by molar-refractivity contribution is -0.0576. The van der Waals surface area contributed by atoms with Gasteiger partial charge in [-0.15, -0.1) is 0 Å². The Morgan fingerprint density at radius 1 is 1.14 bits per heavy atom. The predicted molar refractivity (Wildman–Crippen MR) is 108 cm³/mol. The number of hydrogen-bond acceptors (Lipinski definition) is 4. The zero-order valence-electron chi connectivity index (χ0n) is 16.4. The SMILES string of the molecule is C=C/C(=N\C(=N/C)N1CCN(C(C)c2ccc3nccnc3c2)CC1)C(F)(F)F. The largest absolute Gasteiger partial charge is 0.433 e. The topological polar surface area (TPSA) is 57.0 Å². The van der Waals surface area contributed by atoms with Crippen LogP contribution in [0.15, 0.2) is 53.2 Å². The van der Waals surface area contributed by atoms with Gasteiger partial charge in [0.1, 0.15) is 5.71 Å². The molecule has 1 aliphatic rings. The lowest BCUT2D eigenvalue weighted by Gasteiger charge is -2.38. The second-order valence-electron chi connectivity index (χ2n) is 6.73. The maximum atomic E-state index is 13.0. The summed E-state index contributed by atoms with van der Waals surface area (Å²) in [7, 11) is 1.45. The van der Waals surface area contributed by atoms with Crippen LogP contribution in [0.3, 0.4) is 0 Å². The summed E-state index contributed by atoms with van der Waals surface area (Å²) in [5, 5.41) is 0. The first kappa shape index (κ1) is 20.9. The Morgan fingerprint density at radius 2 is 1.79 bits per heavy atom. The third kappa shape index (κ3) is 4.79. The van der Waals surface area contributed by atoms with Crippen molar-refractivity contribution in [2.75, 3.05) is 33.2 Å². The van der Waals surface area contributed by atoms with E-state index in [0.717, 1.165) is 16.6 Å². The number of fused-ring (bicyclic) bond motifs is 1. The molecular weight excluding hydrogens is 381 g/mol. The van der Waals surface area contributed by atoms with E-state index in [-0.39, 0.29) is 12.0 Å². The van der Waals surface area contributed by atoms with Crippen LogP contribution in [0.5, 0.6) is 0 Å². The Balaban J connectivity index is 1.68. The molecule has 0 aliphatic carbocycles. The summed E-state index contributed by atoms with van der Waals surface area (Å²) in [6.45, 7) is 7.76. The van der Waals surface area contributed by atoms with E-state index in [2.05, 4.69) is 38.4 Å². The van der Waals surface area contributed by atoms with E-state index in [1.54, 1.807) is 17.3 Å². The maximum Gasteiger partial charge on any atom is 0.433 e. The normalized spacial score (nSPS) is 18.2. The Hall–Kier alpha value is -2.81. The highest BCUT2D eigenvalue weighted by Gasteiger charge is 2.34. The van der Waals surface area contributed by atoms with Gasteiger partial charge in [-0.1, -0.05) is 12.6 Å². The van der Waals surface area contributed by atoms with Crippen molar-refractivity contribution in [2.24, 2.45) is 9.98 Å². The van der Waals surface area contributed by atoms with Gasteiger partial charge in [0.05, 0.1) is 11.0 Å². The Morgan fingerprint density at radius 3 is 2.38 bits per heavy atom. The van der Waals surface area contributed by atoms with Crippen molar-refractivity contribution in [2.45, 2.75) is 19.1 Å². The second-order valence-corrected chi connectivity index (χ2v) is 6.73. The molecule has 29 heavy (non-hydrogen) atoms. The second kappa shape index (κ2) is 8.69. The fourth-order valence-electron chi connectivity index (χ4n) is 3.35. The first-order valence-electron chi connectivity index (χ1n) is 9.28. The number of halogens is 3. The number of rotatable bonds is 3. The highest BCUT2D eigenvalue weighted by Crippen LogP contribution is 2.24. The van der Waals surface area contributed by atoms with Gasteiger partial charge in [0.25, 0.3) is 0 Å². The van der Waals surface area contributed by atoms with Crippen LogP contribution in [0.25, 0.3) is 11.0 Å². The number of aliphatic imine (C=N–C) groups is 2. The molecule has 9 heteroatoms. The van der Waals surface area contributed by atoms with E-state index in [4.69, 9.17) is 0 Å². The number of benzene rings is 1. The van der Waals surface area contributed by atoms with Crippen LogP contribution in [0.4, 0.5) is 13.2 Å². The van der Waals surface area contributed by atoms with Crippen molar-refractivity contribution < 1.29 is 13.2 Å². The molecule has 1 aromatic carbocycles. The van der Waals surface area contributed by atoms with Gasteiger partial charge < -0.3 is 4.90 Å². The number of piperazine rings is 1. The fourth-order valence-corrected chi connectivity index (χ4v) is 3.35. The smallest absolute Gasteiger partial charge is 0.339 e. The Labute approximate surface area is 167 Å². The van der Waals surface area contributed by atoms with E-state index in [1.807, 2.05) is 18.2 Å². The van der Waals surface area contributed by atoms with Crippen LogP contribution in [-0.2, 0) is 0 Å². The highest BCUT2D eigenvalue weighted by atomic mass is 19.4. The molecular formula is C20H23F3N6. The lowest BCUT2D eigenvalue weighted by Crippen LogP contribution is -2.49. The van der Waals surface area contributed by atoms with Crippen molar-refractivity contribution in [1.29, 1.82) is 0 Å². The minimum absolute atomic E-state index is 0.0745. The molecule has 0 saturated carbocycles. The summed E-state index contributed by atoms with van der Waals surface area (Å²) < 4.78 is 38.9. The number of aromatic nitrogens is 2. The molecule has 1 atom stereocenters. The molecule has 1 saturated heterocycles. The molecule has 154 valence electrons. The van der Waals surface area contributed by atoms with Crippen LogP contribution in [0, 0.1) is 0 Å². The van der Waals surface area contributed by atoms with Crippen molar-refractivity contribution >= 4 is 22.7 Å². The van der Waals surface area contributed by atoms with Crippen molar-refractivity contribution in [3.63, 3.8) is 0 Å². The highest BCUT2D eigenvalue weighted by molar-refractivity contribution is 6.06.